The maximum atomic E-state index is 12.0. The highest BCUT2D eigenvalue weighted by Gasteiger charge is 2.32. The van der Waals surface area contributed by atoms with Gasteiger partial charge in [-0.3, -0.25) is 4.79 Å². The molecule has 108 valence electrons. The van der Waals surface area contributed by atoms with Crippen LogP contribution < -0.4 is 11.1 Å². The van der Waals surface area contributed by atoms with Gasteiger partial charge in [0.05, 0.1) is 6.61 Å². The third kappa shape index (κ3) is 3.16. The Morgan fingerprint density at radius 2 is 2.16 bits per heavy atom. The molecule has 2 rings (SSSR count). The van der Waals surface area contributed by atoms with E-state index in [1.807, 2.05) is 4.90 Å². The second kappa shape index (κ2) is 6.21. The lowest BCUT2D eigenvalue weighted by atomic mass is 10.0. The second-order valence-electron chi connectivity index (χ2n) is 5.04. The zero-order valence-electron chi connectivity index (χ0n) is 11.3. The Kier molecular flexibility index (Phi) is 4.60. The fourth-order valence-corrected chi connectivity index (χ4v) is 2.72. The van der Waals surface area contributed by atoms with Gasteiger partial charge in [-0.1, -0.05) is 0 Å². The number of hydrogen-bond acceptors (Lipinski definition) is 4. The zero-order valence-corrected chi connectivity index (χ0v) is 11.3. The van der Waals surface area contributed by atoms with Crippen molar-refractivity contribution in [3.8, 4) is 0 Å². The van der Waals surface area contributed by atoms with E-state index in [1.165, 1.54) is 7.11 Å². The van der Waals surface area contributed by atoms with Crippen LogP contribution in [0.2, 0.25) is 0 Å². The van der Waals surface area contributed by atoms with E-state index in [9.17, 15) is 9.59 Å². The summed E-state index contributed by atoms with van der Waals surface area (Å²) in [5.41, 5.74) is 5.75. The molecule has 2 aliphatic rings. The van der Waals surface area contributed by atoms with E-state index < -0.39 is 6.04 Å². The van der Waals surface area contributed by atoms with Crippen LogP contribution in [0, 0.1) is 0 Å². The average molecular weight is 270 g/mol. The van der Waals surface area contributed by atoms with Gasteiger partial charge in [-0.2, -0.15) is 0 Å². The van der Waals surface area contributed by atoms with Crippen molar-refractivity contribution in [2.45, 2.75) is 24.9 Å². The Morgan fingerprint density at radius 1 is 1.47 bits per heavy atom. The Morgan fingerprint density at radius 3 is 2.68 bits per heavy atom. The van der Waals surface area contributed by atoms with Crippen molar-refractivity contribution in [2.75, 3.05) is 39.9 Å². The first kappa shape index (κ1) is 14.1. The molecule has 0 spiro atoms. The van der Waals surface area contributed by atoms with Gasteiger partial charge in [-0.15, -0.1) is 0 Å². The summed E-state index contributed by atoms with van der Waals surface area (Å²) < 4.78 is 4.90. The van der Waals surface area contributed by atoms with Crippen LogP contribution >= 0.6 is 0 Å². The van der Waals surface area contributed by atoms with Gasteiger partial charge in [-0.05, 0) is 12.8 Å². The zero-order chi connectivity index (χ0) is 13.8. The number of rotatable bonds is 4. The number of nitrogens with two attached hydrogens (primary N) is 1. The first-order chi connectivity index (χ1) is 9.13. The summed E-state index contributed by atoms with van der Waals surface area (Å²) in [5, 5.41) is 2.81. The lowest BCUT2D eigenvalue weighted by molar-refractivity contribution is -0.135. The van der Waals surface area contributed by atoms with E-state index in [2.05, 4.69) is 5.32 Å². The van der Waals surface area contributed by atoms with Crippen molar-refractivity contribution < 1.29 is 14.3 Å². The fourth-order valence-electron chi connectivity index (χ4n) is 2.72. The standard InChI is InChI=1S/C12H22N4O3/c1-19-8-10(13)11(17)15-5-2-9(3-6-15)16-7-4-14-12(16)18/h9-10H,2-8,13H2,1H3,(H,14,18). The van der Waals surface area contributed by atoms with E-state index in [1.54, 1.807) is 4.90 Å². The third-order valence-electron chi connectivity index (χ3n) is 3.77. The van der Waals surface area contributed by atoms with Gasteiger partial charge in [0.1, 0.15) is 6.04 Å². The van der Waals surface area contributed by atoms with E-state index in [4.69, 9.17) is 10.5 Å². The molecule has 0 aromatic carbocycles. The molecule has 3 amide bonds. The Bertz CT molecular complexity index is 342. The highest BCUT2D eigenvalue weighted by atomic mass is 16.5. The second-order valence-corrected chi connectivity index (χ2v) is 5.04. The molecule has 3 N–H and O–H groups in total. The summed E-state index contributed by atoms with van der Waals surface area (Å²) in [4.78, 5) is 27.2. The first-order valence-electron chi connectivity index (χ1n) is 6.71. The molecule has 0 bridgehead atoms. The van der Waals surface area contributed by atoms with Crippen molar-refractivity contribution in [3.63, 3.8) is 0 Å². The fraction of sp³-hybridized carbons (Fsp3) is 0.833. The molecule has 1 atom stereocenters. The Hall–Kier alpha value is -1.34. The van der Waals surface area contributed by atoms with E-state index in [0.29, 0.717) is 13.1 Å². The SMILES string of the molecule is COCC(N)C(=O)N1CCC(N2CCNC2=O)CC1. The molecule has 0 aromatic rings. The summed E-state index contributed by atoms with van der Waals surface area (Å²) in [5.74, 6) is -0.0637. The predicted octanol–water partition coefficient (Wildman–Crippen LogP) is -1.02. The molecule has 0 radical (unpaired) electrons. The maximum absolute atomic E-state index is 12.0. The van der Waals surface area contributed by atoms with Crippen molar-refractivity contribution >= 4 is 11.9 Å². The highest BCUT2D eigenvalue weighted by Crippen LogP contribution is 2.18. The van der Waals surface area contributed by atoms with Gasteiger partial charge in [0.25, 0.3) is 0 Å². The van der Waals surface area contributed by atoms with Crippen LogP contribution in [-0.2, 0) is 9.53 Å². The molecule has 2 heterocycles. The summed E-state index contributed by atoms with van der Waals surface area (Å²) in [6.45, 7) is 3.04. The monoisotopic (exact) mass is 270 g/mol. The van der Waals surface area contributed by atoms with Crippen LogP contribution in [0.3, 0.4) is 0 Å². The van der Waals surface area contributed by atoms with E-state index in [0.717, 1.165) is 25.9 Å². The molecule has 1 unspecified atom stereocenters. The Labute approximate surface area is 113 Å². The molecule has 0 aliphatic carbocycles. The third-order valence-corrected chi connectivity index (χ3v) is 3.77. The smallest absolute Gasteiger partial charge is 0.317 e. The number of methoxy groups -OCH3 is 1. The van der Waals surface area contributed by atoms with Crippen molar-refractivity contribution in [1.29, 1.82) is 0 Å². The topological polar surface area (TPSA) is 87.9 Å². The van der Waals surface area contributed by atoms with Gasteiger partial charge in [0.2, 0.25) is 5.91 Å². The van der Waals surface area contributed by atoms with Gasteiger partial charge in [-0.25, -0.2) is 4.79 Å². The van der Waals surface area contributed by atoms with Crippen LogP contribution in [0.1, 0.15) is 12.8 Å². The van der Waals surface area contributed by atoms with Crippen LogP contribution in [0.5, 0.6) is 0 Å². The molecule has 2 aliphatic heterocycles. The number of nitrogens with zero attached hydrogens (tertiary/aromatic N) is 2. The van der Waals surface area contributed by atoms with Crippen molar-refractivity contribution in [1.82, 2.24) is 15.1 Å². The van der Waals surface area contributed by atoms with Crippen LogP contribution in [0.15, 0.2) is 0 Å². The molecule has 2 saturated heterocycles. The summed E-state index contributed by atoms with van der Waals surface area (Å²) in [6.07, 6.45) is 1.64. The van der Waals surface area contributed by atoms with Crippen LogP contribution in [0.4, 0.5) is 4.79 Å². The molecule has 2 fully saturated rings. The summed E-state index contributed by atoms with van der Waals surface area (Å²) >= 11 is 0. The minimum atomic E-state index is -0.586. The Balaban J connectivity index is 1.82. The molecule has 19 heavy (non-hydrogen) atoms. The lowest BCUT2D eigenvalue weighted by Crippen LogP contribution is -2.52. The number of carbonyl (C=O) groups is 2. The average Bonchev–Trinajstić information content (AvgIpc) is 2.84. The molecule has 0 aromatic heterocycles. The van der Waals surface area contributed by atoms with Crippen molar-refractivity contribution in [3.05, 3.63) is 0 Å². The number of piperidine rings is 1. The highest BCUT2D eigenvalue weighted by molar-refractivity contribution is 5.82. The number of ether oxygens (including phenoxy) is 1. The normalized spacial score (nSPS) is 22.5. The minimum Gasteiger partial charge on any atom is -0.383 e. The minimum absolute atomic E-state index is 0.0147. The molecular formula is C12H22N4O3. The molecule has 7 nitrogen and oxygen atoms in total. The van der Waals surface area contributed by atoms with Crippen molar-refractivity contribution in [2.24, 2.45) is 5.73 Å². The van der Waals surface area contributed by atoms with Crippen LogP contribution in [-0.4, -0.2) is 73.7 Å². The molecule has 7 heteroatoms. The first-order valence-corrected chi connectivity index (χ1v) is 6.71. The van der Waals surface area contributed by atoms with Gasteiger partial charge in [0, 0.05) is 39.3 Å². The van der Waals surface area contributed by atoms with E-state index >= 15 is 0 Å². The number of nitrogens with one attached hydrogen (secondary N) is 1. The number of urea groups is 1. The molecular weight excluding hydrogens is 248 g/mol. The number of carbonyl (C=O) groups excluding carboxylic acids is 2. The number of likely N-dealkylation sites (tertiary alicyclic amines) is 1. The van der Waals surface area contributed by atoms with Gasteiger partial charge in [0.15, 0.2) is 0 Å². The predicted molar refractivity (Wildman–Crippen MR) is 69.6 cm³/mol. The summed E-state index contributed by atoms with van der Waals surface area (Å²) in [6, 6.07) is -0.331. The number of hydrogen-bond donors (Lipinski definition) is 2. The largest absolute Gasteiger partial charge is 0.383 e. The quantitative estimate of drug-likeness (QED) is 0.684. The van der Waals surface area contributed by atoms with Gasteiger partial charge >= 0.3 is 6.03 Å². The maximum Gasteiger partial charge on any atom is 0.317 e. The van der Waals surface area contributed by atoms with Gasteiger partial charge < -0.3 is 25.6 Å². The molecule has 0 saturated carbocycles. The van der Waals surface area contributed by atoms with Crippen LogP contribution in [0.25, 0.3) is 0 Å². The summed E-state index contributed by atoms with van der Waals surface area (Å²) in [7, 11) is 1.53. The number of amides is 3. The van der Waals surface area contributed by atoms with E-state index in [-0.39, 0.29) is 24.6 Å². The lowest BCUT2D eigenvalue weighted by Gasteiger charge is -2.37.